The van der Waals surface area contributed by atoms with Crippen molar-refractivity contribution < 1.29 is 23.9 Å². The van der Waals surface area contributed by atoms with Gasteiger partial charge in [-0.25, -0.2) is 4.79 Å². The summed E-state index contributed by atoms with van der Waals surface area (Å²) in [6.45, 7) is 1.48. The number of aryl methyl sites for hydroxylation is 1. The zero-order valence-electron chi connectivity index (χ0n) is 18.3. The van der Waals surface area contributed by atoms with Crippen LogP contribution in [0.3, 0.4) is 0 Å². The summed E-state index contributed by atoms with van der Waals surface area (Å²) in [6, 6.07) is 6.98. The van der Waals surface area contributed by atoms with Gasteiger partial charge in [0, 0.05) is 12.0 Å². The van der Waals surface area contributed by atoms with Gasteiger partial charge < -0.3 is 14.8 Å². The molecule has 5 rings (SSSR count). The number of esters is 1. The van der Waals surface area contributed by atoms with E-state index in [-0.39, 0.29) is 12.0 Å². The molecule has 4 aliphatic carbocycles. The first-order valence-electron chi connectivity index (χ1n) is 11.3. The standard InChI is InChI=1S/C24H32N2O5/c1-15(31-21(27)8-7-19-5-3-4-6-20(19)30-2)22(28)25-23(29)26-24-12-16-9-17(13-24)11-18(10-16)14-24/h3-6,15-18H,7-14H2,1-2H3,(H2,25,26,28,29)/t15-,16?,17?,18?,24?/m0/s1. The third-order valence-electron chi connectivity index (χ3n) is 7.12. The highest BCUT2D eigenvalue weighted by molar-refractivity contribution is 5.97. The Balaban J connectivity index is 1.23. The molecule has 31 heavy (non-hydrogen) atoms. The van der Waals surface area contributed by atoms with Crippen LogP contribution < -0.4 is 15.4 Å². The monoisotopic (exact) mass is 428 g/mol. The maximum atomic E-state index is 12.5. The lowest BCUT2D eigenvalue weighted by molar-refractivity contribution is -0.154. The largest absolute Gasteiger partial charge is 0.496 e. The number of para-hydroxylation sites is 1. The number of benzene rings is 1. The van der Waals surface area contributed by atoms with Crippen LogP contribution in [-0.2, 0) is 20.7 Å². The lowest BCUT2D eigenvalue weighted by atomic mass is 9.53. The smallest absolute Gasteiger partial charge is 0.321 e. The highest BCUT2D eigenvalue weighted by atomic mass is 16.5. The van der Waals surface area contributed by atoms with E-state index in [1.807, 2.05) is 24.3 Å². The van der Waals surface area contributed by atoms with Gasteiger partial charge in [-0.1, -0.05) is 18.2 Å². The summed E-state index contributed by atoms with van der Waals surface area (Å²) < 4.78 is 10.5. The molecule has 0 unspecified atom stereocenters. The summed E-state index contributed by atoms with van der Waals surface area (Å²) in [4.78, 5) is 37.1. The van der Waals surface area contributed by atoms with Crippen molar-refractivity contribution in [2.45, 2.75) is 69.9 Å². The number of methoxy groups -OCH3 is 1. The molecule has 0 aromatic heterocycles. The maximum absolute atomic E-state index is 12.5. The molecular formula is C24H32N2O5. The van der Waals surface area contributed by atoms with Gasteiger partial charge in [0.25, 0.3) is 5.91 Å². The molecule has 3 amide bonds. The molecule has 7 heteroatoms. The number of imide groups is 1. The molecule has 0 aliphatic heterocycles. The van der Waals surface area contributed by atoms with Crippen molar-refractivity contribution in [3.05, 3.63) is 29.8 Å². The van der Waals surface area contributed by atoms with E-state index in [2.05, 4.69) is 10.6 Å². The normalized spacial score (nSPS) is 29.2. The Hall–Kier alpha value is -2.57. The Morgan fingerprint density at radius 1 is 1.06 bits per heavy atom. The van der Waals surface area contributed by atoms with Crippen molar-refractivity contribution in [2.75, 3.05) is 7.11 Å². The minimum atomic E-state index is -1.03. The summed E-state index contributed by atoms with van der Waals surface area (Å²) in [6.07, 6.45) is 6.40. The molecule has 0 saturated heterocycles. The SMILES string of the molecule is COc1ccccc1CCC(=O)O[C@@H](C)C(=O)NC(=O)NC12CC3CC(CC(C3)C1)C2. The summed E-state index contributed by atoms with van der Waals surface area (Å²) in [5.41, 5.74) is 0.724. The molecule has 4 saturated carbocycles. The van der Waals surface area contributed by atoms with E-state index in [9.17, 15) is 14.4 Å². The van der Waals surface area contributed by atoms with Gasteiger partial charge in [0.2, 0.25) is 0 Å². The molecule has 0 spiro atoms. The van der Waals surface area contributed by atoms with Crippen molar-refractivity contribution in [1.82, 2.24) is 10.6 Å². The number of carbonyl (C=O) groups excluding carboxylic acids is 3. The highest BCUT2D eigenvalue weighted by Crippen LogP contribution is 2.55. The third-order valence-corrected chi connectivity index (χ3v) is 7.12. The van der Waals surface area contributed by atoms with Gasteiger partial charge in [0.05, 0.1) is 7.11 Å². The van der Waals surface area contributed by atoms with Crippen molar-refractivity contribution in [3.8, 4) is 5.75 Å². The molecule has 2 N–H and O–H groups in total. The van der Waals surface area contributed by atoms with Crippen LogP contribution in [0.1, 0.15) is 57.4 Å². The second-order valence-electron chi connectivity index (χ2n) is 9.59. The van der Waals surface area contributed by atoms with Crippen molar-refractivity contribution in [2.24, 2.45) is 17.8 Å². The molecule has 0 radical (unpaired) electrons. The fourth-order valence-corrected chi connectivity index (χ4v) is 6.21. The van der Waals surface area contributed by atoms with Gasteiger partial charge in [-0.3, -0.25) is 14.9 Å². The van der Waals surface area contributed by atoms with Crippen LogP contribution in [0.2, 0.25) is 0 Å². The van der Waals surface area contributed by atoms with Crippen LogP contribution in [0.25, 0.3) is 0 Å². The number of hydrogen-bond acceptors (Lipinski definition) is 5. The average Bonchev–Trinajstić information content (AvgIpc) is 2.70. The highest BCUT2D eigenvalue weighted by Gasteiger charge is 2.51. The number of hydrogen-bond donors (Lipinski definition) is 2. The Morgan fingerprint density at radius 3 is 2.29 bits per heavy atom. The molecule has 1 aromatic carbocycles. The second kappa shape index (κ2) is 8.89. The predicted molar refractivity (Wildman–Crippen MR) is 114 cm³/mol. The van der Waals surface area contributed by atoms with Crippen LogP contribution in [-0.4, -0.2) is 36.7 Å². The fraction of sp³-hybridized carbons (Fsp3) is 0.625. The first-order valence-corrected chi connectivity index (χ1v) is 11.3. The molecule has 168 valence electrons. The van der Waals surface area contributed by atoms with Crippen LogP contribution >= 0.6 is 0 Å². The number of amides is 3. The van der Waals surface area contributed by atoms with E-state index in [1.165, 1.54) is 26.2 Å². The van der Waals surface area contributed by atoms with Crippen molar-refractivity contribution in [1.29, 1.82) is 0 Å². The quantitative estimate of drug-likeness (QED) is 0.650. The number of carbonyl (C=O) groups is 3. The topological polar surface area (TPSA) is 93.7 Å². The van der Waals surface area contributed by atoms with E-state index in [1.54, 1.807) is 7.11 Å². The van der Waals surface area contributed by atoms with Gasteiger partial charge >= 0.3 is 12.0 Å². The minimum Gasteiger partial charge on any atom is -0.496 e. The molecule has 4 fully saturated rings. The first-order chi connectivity index (χ1) is 14.9. The Bertz CT molecular complexity index is 817. The van der Waals surface area contributed by atoms with E-state index < -0.39 is 24.0 Å². The fourth-order valence-electron chi connectivity index (χ4n) is 6.21. The number of ether oxygens (including phenoxy) is 2. The number of rotatable bonds is 7. The van der Waals surface area contributed by atoms with Crippen LogP contribution in [0, 0.1) is 17.8 Å². The average molecular weight is 429 g/mol. The summed E-state index contributed by atoms with van der Waals surface area (Å²) in [5.74, 6) is 1.71. The zero-order valence-corrected chi connectivity index (χ0v) is 18.3. The Morgan fingerprint density at radius 2 is 1.68 bits per heavy atom. The Labute approximate surface area is 183 Å². The van der Waals surface area contributed by atoms with Crippen molar-refractivity contribution >= 4 is 17.9 Å². The molecular weight excluding hydrogens is 396 g/mol. The molecule has 1 aromatic rings. The molecule has 7 nitrogen and oxygen atoms in total. The second-order valence-corrected chi connectivity index (χ2v) is 9.59. The summed E-state index contributed by atoms with van der Waals surface area (Å²) in [5, 5.41) is 5.46. The molecule has 4 bridgehead atoms. The van der Waals surface area contributed by atoms with Crippen LogP contribution in [0.5, 0.6) is 5.75 Å². The van der Waals surface area contributed by atoms with Crippen LogP contribution in [0.15, 0.2) is 24.3 Å². The minimum absolute atomic E-state index is 0.122. The van der Waals surface area contributed by atoms with Gasteiger partial charge in [-0.05, 0) is 81.3 Å². The van der Waals surface area contributed by atoms with Crippen molar-refractivity contribution in [3.63, 3.8) is 0 Å². The lowest BCUT2D eigenvalue weighted by Gasteiger charge is -2.56. The molecule has 4 aliphatic rings. The van der Waals surface area contributed by atoms with Gasteiger partial charge in [0.1, 0.15) is 5.75 Å². The van der Waals surface area contributed by atoms with Gasteiger partial charge in [0.15, 0.2) is 6.10 Å². The van der Waals surface area contributed by atoms with E-state index in [0.29, 0.717) is 29.9 Å². The third kappa shape index (κ3) is 5.02. The number of nitrogens with one attached hydrogen (secondary N) is 2. The van der Waals surface area contributed by atoms with Crippen LogP contribution in [0.4, 0.5) is 4.79 Å². The van der Waals surface area contributed by atoms with E-state index in [4.69, 9.17) is 9.47 Å². The summed E-state index contributed by atoms with van der Waals surface area (Å²) in [7, 11) is 1.58. The van der Waals surface area contributed by atoms with Gasteiger partial charge in [-0.2, -0.15) is 0 Å². The lowest BCUT2D eigenvalue weighted by Crippen LogP contribution is -2.62. The first kappa shape index (κ1) is 21.7. The molecule has 1 atom stereocenters. The predicted octanol–water partition coefficient (Wildman–Crippen LogP) is 3.35. The van der Waals surface area contributed by atoms with Gasteiger partial charge in [-0.15, -0.1) is 0 Å². The summed E-state index contributed by atoms with van der Waals surface area (Å²) >= 11 is 0. The zero-order chi connectivity index (χ0) is 22.0. The number of urea groups is 1. The molecule has 0 heterocycles. The van der Waals surface area contributed by atoms with E-state index in [0.717, 1.165) is 24.8 Å². The Kier molecular flexibility index (Phi) is 6.21. The maximum Gasteiger partial charge on any atom is 0.321 e. The van der Waals surface area contributed by atoms with E-state index >= 15 is 0 Å².